The summed E-state index contributed by atoms with van der Waals surface area (Å²) >= 11 is 3.22. The van der Waals surface area contributed by atoms with Crippen molar-refractivity contribution in [1.82, 2.24) is 9.97 Å². The normalized spacial score (nSPS) is 10.4. The summed E-state index contributed by atoms with van der Waals surface area (Å²) in [5.41, 5.74) is 7.28. The monoisotopic (exact) mass is 197 g/mol. The van der Waals surface area contributed by atoms with E-state index in [0.717, 1.165) is 14.8 Å². The Labute approximate surface area is 77.9 Å². The van der Waals surface area contributed by atoms with Gasteiger partial charge < -0.3 is 5.73 Å². The molecule has 0 bridgehead atoms. The predicted molar refractivity (Wildman–Crippen MR) is 51.1 cm³/mol. The number of rotatable bonds is 2. The molecule has 3 nitrogen and oxygen atoms in total. The van der Waals surface area contributed by atoms with Crippen molar-refractivity contribution in [3.05, 3.63) is 22.8 Å². The molecule has 0 aromatic carbocycles. The van der Waals surface area contributed by atoms with E-state index >= 15 is 0 Å². The van der Waals surface area contributed by atoms with Gasteiger partial charge in [-0.15, -0.1) is 22.7 Å². The highest BCUT2D eigenvalue weighted by molar-refractivity contribution is 7.20. The maximum Gasteiger partial charge on any atom is 0.135 e. The summed E-state index contributed by atoms with van der Waals surface area (Å²) in [4.78, 5) is 10.4. The number of nitrogens with two attached hydrogens (primary N) is 1. The standard InChI is InChI=1S/C7H7N3S2/c8-1-5-2-10-7(12-5)6-3-9-4-11-6/h2-4H,1,8H2. The summed E-state index contributed by atoms with van der Waals surface area (Å²) in [7, 11) is 0. The van der Waals surface area contributed by atoms with E-state index in [1.54, 1.807) is 28.2 Å². The molecule has 0 aliphatic rings. The van der Waals surface area contributed by atoms with Crippen LogP contribution in [0.1, 0.15) is 4.88 Å². The number of nitrogens with zero attached hydrogens (tertiary/aromatic N) is 2. The summed E-state index contributed by atoms with van der Waals surface area (Å²) in [5, 5.41) is 1.01. The smallest absolute Gasteiger partial charge is 0.135 e. The first-order valence-corrected chi connectivity index (χ1v) is 5.13. The van der Waals surface area contributed by atoms with Crippen LogP contribution in [0.4, 0.5) is 0 Å². The Morgan fingerprint density at radius 2 is 2.33 bits per heavy atom. The third-order valence-electron chi connectivity index (χ3n) is 1.40. The van der Waals surface area contributed by atoms with Crippen LogP contribution in [-0.2, 0) is 6.54 Å². The average Bonchev–Trinajstić information content (AvgIpc) is 2.75. The van der Waals surface area contributed by atoms with Crippen LogP contribution in [0.2, 0.25) is 0 Å². The second-order valence-electron chi connectivity index (χ2n) is 2.20. The van der Waals surface area contributed by atoms with E-state index in [1.165, 1.54) is 0 Å². The minimum atomic E-state index is 0.566. The highest BCUT2D eigenvalue weighted by atomic mass is 32.1. The Morgan fingerprint density at radius 1 is 1.42 bits per heavy atom. The maximum absolute atomic E-state index is 5.47. The molecule has 0 amide bonds. The molecule has 0 unspecified atom stereocenters. The molecule has 62 valence electrons. The fourth-order valence-electron chi connectivity index (χ4n) is 0.837. The molecule has 12 heavy (non-hydrogen) atoms. The van der Waals surface area contributed by atoms with Gasteiger partial charge in [0, 0.05) is 23.8 Å². The average molecular weight is 197 g/mol. The number of aromatic nitrogens is 2. The van der Waals surface area contributed by atoms with Gasteiger partial charge in [-0.3, -0.25) is 4.98 Å². The topological polar surface area (TPSA) is 51.8 Å². The summed E-state index contributed by atoms with van der Waals surface area (Å²) < 4.78 is 0. The van der Waals surface area contributed by atoms with Crippen LogP contribution in [-0.4, -0.2) is 9.97 Å². The van der Waals surface area contributed by atoms with Crippen molar-refractivity contribution in [2.24, 2.45) is 5.73 Å². The van der Waals surface area contributed by atoms with E-state index < -0.39 is 0 Å². The van der Waals surface area contributed by atoms with Gasteiger partial charge in [0.25, 0.3) is 0 Å². The molecule has 0 saturated heterocycles. The van der Waals surface area contributed by atoms with Gasteiger partial charge in [0.2, 0.25) is 0 Å². The van der Waals surface area contributed by atoms with Gasteiger partial charge in [0.05, 0.1) is 10.4 Å². The van der Waals surface area contributed by atoms with Gasteiger partial charge in [-0.05, 0) is 0 Å². The Kier molecular flexibility index (Phi) is 2.16. The molecule has 2 rings (SSSR count). The fraction of sp³-hybridized carbons (Fsp3) is 0.143. The van der Waals surface area contributed by atoms with E-state index in [0.29, 0.717) is 6.54 Å². The highest BCUT2D eigenvalue weighted by Gasteiger charge is 2.04. The zero-order chi connectivity index (χ0) is 8.39. The number of hydrogen-bond acceptors (Lipinski definition) is 5. The number of hydrogen-bond donors (Lipinski definition) is 1. The van der Waals surface area contributed by atoms with Crippen LogP contribution in [0.25, 0.3) is 9.88 Å². The summed E-state index contributed by atoms with van der Waals surface area (Å²) in [6.07, 6.45) is 3.64. The third kappa shape index (κ3) is 1.38. The highest BCUT2D eigenvalue weighted by Crippen LogP contribution is 2.27. The van der Waals surface area contributed by atoms with E-state index in [1.807, 2.05) is 12.4 Å². The zero-order valence-electron chi connectivity index (χ0n) is 6.23. The predicted octanol–water partition coefficient (Wildman–Crippen LogP) is 1.73. The van der Waals surface area contributed by atoms with Crippen LogP contribution in [0.3, 0.4) is 0 Å². The van der Waals surface area contributed by atoms with E-state index in [9.17, 15) is 0 Å². The first-order valence-electron chi connectivity index (χ1n) is 3.44. The van der Waals surface area contributed by atoms with Crippen molar-refractivity contribution in [2.45, 2.75) is 6.54 Å². The zero-order valence-corrected chi connectivity index (χ0v) is 7.86. The quantitative estimate of drug-likeness (QED) is 0.797. The molecule has 0 aliphatic carbocycles. The molecule has 0 fully saturated rings. The molecule has 0 spiro atoms. The number of thiazole rings is 2. The molecule has 2 aromatic heterocycles. The molecule has 5 heteroatoms. The summed E-state index contributed by atoms with van der Waals surface area (Å²) in [6, 6.07) is 0. The van der Waals surface area contributed by atoms with Crippen LogP contribution in [0.15, 0.2) is 17.9 Å². The van der Waals surface area contributed by atoms with Gasteiger partial charge in [0.15, 0.2) is 0 Å². The molecule has 0 saturated carbocycles. The summed E-state index contributed by atoms with van der Waals surface area (Å²) in [6.45, 7) is 0.566. The van der Waals surface area contributed by atoms with Crippen molar-refractivity contribution in [3.8, 4) is 9.88 Å². The lowest BCUT2D eigenvalue weighted by Gasteiger charge is -1.84. The Balaban J connectivity index is 2.35. The van der Waals surface area contributed by atoms with Crippen molar-refractivity contribution in [2.75, 3.05) is 0 Å². The van der Waals surface area contributed by atoms with E-state index in [-0.39, 0.29) is 0 Å². The summed E-state index contributed by atoms with van der Waals surface area (Å²) in [5.74, 6) is 0. The first-order chi connectivity index (χ1) is 5.90. The van der Waals surface area contributed by atoms with Gasteiger partial charge in [-0.25, -0.2) is 4.98 Å². The van der Waals surface area contributed by atoms with E-state index in [4.69, 9.17) is 5.73 Å². The SMILES string of the molecule is NCc1cnc(-c2cncs2)s1. The van der Waals surface area contributed by atoms with Crippen LogP contribution in [0.5, 0.6) is 0 Å². The largest absolute Gasteiger partial charge is 0.326 e. The molecular weight excluding hydrogens is 190 g/mol. The molecule has 0 radical (unpaired) electrons. The van der Waals surface area contributed by atoms with Crippen molar-refractivity contribution >= 4 is 22.7 Å². The minimum Gasteiger partial charge on any atom is -0.326 e. The molecule has 0 atom stereocenters. The third-order valence-corrected chi connectivity index (χ3v) is 3.36. The second-order valence-corrected chi connectivity index (χ2v) is 4.20. The van der Waals surface area contributed by atoms with Crippen molar-refractivity contribution < 1.29 is 0 Å². The van der Waals surface area contributed by atoms with Crippen molar-refractivity contribution in [3.63, 3.8) is 0 Å². The molecule has 0 aliphatic heterocycles. The molecule has 2 aromatic rings. The van der Waals surface area contributed by atoms with Crippen LogP contribution >= 0.6 is 22.7 Å². The Hall–Kier alpha value is -0.780. The van der Waals surface area contributed by atoms with E-state index in [2.05, 4.69) is 9.97 Å². The Bertz CT molecular complexity index is 352. The second kappa shape index (κ2) is 3.30. The Morgan fingerprint density at radius 3 is 2.92 bits per heavy atom. The lowest BCUT2D eigenvalue weighted by atomic mass is 10.5. The van der Waals surface area contributed by atoms with Gasteiger partial charge in [-0.1, -0.05) is 0 Å². The van der Waals surface area contributed by atoms with Crippen molar-refractivity contribution in [1.29, 1.82) is 0 Å². The minimum absolute atomic E-state index is 0.566. The van der Waals surface area contributed by atoms with Gasteiger partial charge in [0.1, 0.15) is 5.01 Å². The lowest BCUT2D eigenvalue weighted by Crippen LogP contribution is -1.91. The van der Waals surface area contributed by atoms with Gasteiger partial charge >= 0.3 is 0 Å². The maximum atomic E-state index is 5.47. The first kappa shape index (κ1) is 7.85. The van der Waals surface area contributed by atoms with Crippen LogP contribution < -0.4 is 5.73 Å². The molecule has 2 N–H and O–H groups in total. The molecule has 2 heterocycles. The van der Waals surface area contributed by atoms with Gasteiger partial charge in [-0.2, -0.15) is 0 Å². The lowest BCUT2D eigenvalue weighted by molar-refractivity contribution is 1.10. The molecular formula is C7H7N3S2. The van der Waals surface area contributed by atoms with Crippen LogP contribution in [0, 0.1) is 0 Å². The fourth-order valence-corrected chi connectivity index (χ4v) is 2.31.